The van der Waals surface area contributed by atoms with Crippen LogP contribution in [0.4, 0.5) is 0 Å². The zero-order chi connectivity index (χ0) is 15.2. The topological polar surface area (TPSA) is 72.7 Å². The molecule has 3 rings (SSSR count). The monoisotopic (exact) mass is 317 g/mol. The molecule has 1 amide bonds. The molecule has 1 aromatic heterocycles. The second-order valence-electron chi connectivity index (χ2n) is 5.40. The molecular weight excluding hydrogens is 298 g/mol. The number of carbonyl (C=O) groups excluding carboxylic acids is 1. The molecule has 1 fully saturated rings. The van der Waals surface area contributed by atoms with E-state index in [1.165, 1.54) is 31.0 Å². The van der Waals surface area contributed by atoms with Crippen LogP contribution >= 0.6 is 11.8 Å². The van der Waals surface area contributed by atoms with Crippen molar-refractivity contribution in [2.75, 3.05) is 5.75 Å². The summed E-state index contributed by atoms with van der Waals surface area (Å²) in [6.07, 6.45) is 5.90. The standard InChI is InChI=1S/C15H19N5OS/c21-14(16-12-7-3-1-4-8-12)11-22-15-17-18-19-20(15)13-9-5-2-6-10-13/h2,5-6,9-10,12H,1,3-4,7-8,11H2,(H,16,21). The number of thioether (sulfide) groups is 1. The van der Waals surface area contributed by atoms with E-state index in [4.69, 9.17) is 0 Å². The number of para-hydroxylation sites is 1. The van der Waals surface area contributed by atoms with Gasteiger partial charge >= 0.3 is 0 Å². The van der Waals surface area contributed by atoms with E-state index in [9.17, 15) is 4.79 Å². The predicted molar refractivity (Wildman–Crippen MR) is 84.9 cm³/mol. The van der Waals surface area contributed by atoms with Crippen molar-refractivity contribution >= 4 is 17.7 Å². The molecule has 1 aliphatic carbocycles. The second-order valence-corrected chi connectivity index (χ2v) is 6.34. The van der Waals surface area contributed by atoms with Gasteiger partial charge in [0.05, 0.1) is 11.4 Å². The SMILES string of the molecule is O=C(CSc1nnnn1-c1ccccc1)NC1CCCCC1. The smallest absolute Gasteiger partial charge is 0.230 e. The van der Waals surface area contributed by atoms with Gasteiger partial charge in [0.2, 0.25) is 11.1 Å². The molecule has 1 saturated carbocycles. The number of nitrogens with one attached hydrogen (secondary N) is 1. The largest absolute Gasteiger partial charge is 0.353 e. The highest BCUT2D eigenvalue weighted by Gasteiger charge is 2.17. The van der Waals surface area contributed by atoms with Crippen LogP contribution in [0.2, 0.25) is 0 Å². The predicted octanol–water partition coefficient (Wildman–Crippen LogP) is 2.20. The van der Waals surface area contributed by atoms with Crippen LogP contribution in [0.3, 0.4) is 0 Å². The third-order valence-corrected chi connectivity index (χ3v) is 4.66. The van der Waals surface area contributed by atoms with Crippen LogP contribution in [0.15, 0.2) is 35.5 Å². The molecule has 0 spiro atoms. The molecule has 6 nitrogen and oxygen atoms in total. The summed E-state index contributed by atoms with van der Waals surface area (Å²) in [5, 5.41) is 15.4. The summed E-state index contributed by atoms with van der Waals surface area (Å²) in [6.45, 7) is 0. The van der Waals surface area contributed by atoms with Gasteiger partial charge in [-0.2, -0.15) is 4.68 Å². The molecule has 0 saturated heterocycles. The Morgan fingerprint density at radius 1 is 1.23 bits per heavy atom. The van der Waals surface area contributed by atoms with Crippen LogP contribution in [0.1, 0.15) is 32.1 Å². The zero-order valence-corrected chi connectivity index (χ0v) is 13.1. The lowest BCUT2D eigenvalue weighted by Gasteiger charge is -2.22. The van der Waals surface area contributed by atoms with E-state index in [1.807, 2.05) is 30.3 Å². The van der Waals surface area contributed by atoms with Gasteiger partial charge in [0.1, 0.15) is 0 Å². The van der Waals surface area contributed by atoms with Crippen molar-refractivity contribution in [1.29, 1.82) is 0 Å². The van der Waals surface area contributed by atoms with Crippen molar-refractivity contribution in [1.82, 2.24) is 25.5 Å². The Bertz CT molecular complexity index is 609. The molecule has 116 valence electrons. The zero-order valence-electron chi connectivity index (χ0n) is 12.3. The molecule has 0 atom stereocenters. The van der Waals surface area contributed by atoms with E-state index >= 15 is 0 Å². The van der Waals surface area contributed by atoms with Gasteiger partial charge in [0, 0.05) is 6.04 Å². The number of hydrogen-bond donors (Lipinski definition) is 1. The Labute approximate surface area is 133 Å². The van der Waals surface area contributed by atoms with Crippen molar-refractivity contribution in [3.05, 3.63) is 30.3 Å². The van der Waals surface area contributed by atoms with Crippen LogP contribution in [-0.2, 0) is 4.79 Å². The number of benzene rings is 1. The van der Waals surface area contributed by atoms with Gasteiger partial charge in [-0.05, 0) is 35.4 Å². The Morgan fingerprint density at radius 2 is 2.00 bits per heavy atom. The number of amides is 1. The molecule has 0 unspecified atom stereocenters. The number of aromatic nitrogens is 4. The van der Waals surface area contributed by atoms with E-state index in [1.54, 1.807) is 4.68 Å². The molecule has 0 radical (unpaired) electrons. The van der Waals surface area contributed by atoms with Crippen molar-refractivity contribution < 1.29 is 4.79 Å². The highest BCUT2D eigenvalue weighted by atomic mass is 32.2. The van der Waals surface area contributed by atoms with Gasteiger partial charge in [-0.15, -0.1) is 5.10 Å². The minimum Gasteiger partial charge on any atom is -0.353 e. The van der Waals surface area contributed by atoms with Gasteiger partial charge in [-0.1, -0.05) is 49.2 Å². The number of carbonyl (C=O) groups is 1. The fraction of sp³-hybridized carbons (Fsp3) is 0.467. The first-order valence-corrected chi connectivity index (χ1v) is 8.57. The van der Waals surface area contributed by atoms with Crippen molar-refractivity contribution in [2.24, 2.45) is 0 Å². The summed E-state index contributed by atoms with van der Waals surface area (Å²) in [5.74, 6) is 0.392. The first kappa shape index (κ1) is 15.0. The van der Waals surface area contributed by atoms with Crippen LogP contribution in [-0.4, -0.2) is 37.9 Å². The Hall–Kier alpha value is -1.89. The minimum atomic E-state index is 0.0551. The van der Waals surface area contributed by atoms with Crippen LogP contribution in [0.5, 0.6) is 0 Å². The maximum absolute atomic E-state index is 12.0. The number of nitrogens with zero attached hydrogens (tertiary/aromatic N) is 4. The highest BCUT2D eigenvalue weighted by Crippen LogP contribution is 2.19. The first-order chi connectivity index (χ1) is 10.8. The molecule has 7 heteroatoms. The van der Waals surface area contributed by atoms with Gasteiger partial charge in [-0.3, -0.25) is 4.79 Å². The number of tetrazole rings is 1. The van der Waals surface area contributed by atoms with E-state index in [0.29, 0.717) is 17.0 Å². The van der Waals surface area contributed by atoms with Crippen LogP contribution < -0.4 is 5.32 Å². The number of rotatable bonds is 5. The van der Waals surface area contributed by atoms with E-state index in [-0.39, 0.29) is 5.91 Å². The first-order valence-electron chi connectivity index (χ1n) is 7.59. The third kappa shape index (κ3) is 3.85. The molecular formula is C15H19N5OS. The Kier molecular flexibility index (Phi) is 5.05. The van der Waals surface area contributed by atoms with E-state index < -0.39 is 0 Å². The summed E-state index contributed by atoms with van der Waals surface area (Å²) in [4.78, 5) is 12.0. The lowest BCUT2D eigenvalue weighted by Crippen LogP contribution is -2.37. The van der Waals surface area contributed by atoms with Gasteiger partial charge in [0.15, 0.2) is 0 Å². The molecule has 1 aliphatic rings. The molecule has 22 heavy (non-hydrogen) atoms. The average Bonchev–Trinajstić information content (AvgIpc) is 3.03. The molecule has 2 aromatic rings. The quantitative estimate of drug-likeness (QED) is 0.856. The normalized spacial score (nSPS) is 15.6. The number of hydrogen-bond acceptors (Lipinski definition) is 5. The van der Waals surface area contributed by atoms with E-state index in [0.717, 1.165) is 18.5 Å². The maximum Gasteiger partial charge on any atom is 0.230 e. The third-order valence-electron chi connectivity index (χ3n) is 3.74. The minimum absolute atomic E-state index is 0.0551. The molecule has 0 bridgehead atoms. The molecule has 0 aliphatic heterocycles. The molecule has 1 aromatic carbocycles. The fourth-order valence-corrected chi connectivity index (χ4v) is 3.35. The summed E-state index contributed by atoms with van der Waals surface area (Å²) in [5.41, 5.74) is 0.891. The van der Waals surface area contributed by atoms with Crippen LogP contribution in [0.25, 0.3) is 5.69 Å². The molecule has 1 heterocycles. The summed E-state index contributed by atoms with van der Waals surface area (Å²) in [6, 6.07) is 10.0. The second kappa shape index (κ2) is 7.40. The van der Waals surface area contributed by atoms with Crippen molar-refractivity contribution in [2.45, 2.75) is 43.3 Å². The van der Waals surface area contributed by atoms with Gasteiger partial charge in [0.25, 0.3) is 0 Å². The summed E-state index contributed by atoms with van der Waals surface area (Å²) in [7, 11) is 0. The Balaban J connectivity index is 1.55. The van der Waals surface area contributed by atoms with Crippen LogP contribution in [0, 0.1) is 0 Å². The van der Waals surface area contributed by atoms with Gasteiger partial charge in [-0.25, -0.2) is 0 Å². The summed E-state index contributed by atoms with van der Waals surface area (Å²) >= 11 is 1.36. The lowest BCUT2D eigenvalue weighted by atomic mass is 9.95. The fourth-order valence-electron chi connectivity index (χ4n) is 2.65. The van der Waals surface area contributed by atoms with Gasteiger partial charge < -0.3 is 5.32 Å². The van der Waals surface area contributed by atoms with E-state index in [2.05, 4.69) is 20.8 Å². The summed E-state index contributed by atoms with van der Waals surface area (Å²) < 4.78 is 1.65. The van der Waals surface area contributed by atoms with Crippen molar-refractivity contribution in [3.8, 4) is 5.69 Å². The average molecular weight is 317 g/mol. The lowest BCUT2D eigenvalue weighted by molar-refractivity contribution is -0.119. The van der Waals surface area contributed by atoms with Crippen molar-refractivity contribution in [3.63, 3.8) is 0 Å². The Morgan fingerprint density at radius 3 is 2.77 bits per heavy atom. The molecule has 1 N–H and O–H groups in total. The highest BCUT2D eigenvalue weighted by molar-refractivity contribution is 7.99. The maximum atomic E-state index is 12.0.